The number of hydrogen-bond acceptors (Lipinski definition) is 4. The molecular formula is C17H15N2O2S2-. The number of sulfonamides is 1. The van der Waals surface area contributed by atoms with Crippen molar-refractivity contribution in [3.8, 4) is 11.3 Å². The minimum absolute atomic E-state index is 0.176. The number of hydrogen-bond donors (Lipinski definition) is 0. The van der Waals surface area contributed by atoms with E-state index >= 15 is 0 Å². The molecule has 0 aliphatic carbocycles. The molecule has 0 fully saturated rings. The van der Waals surface area contributed by atoms with E-state index < -0.39 is 10.0 Å². The molecule has 6 heteroatoms. The highest BCUT2D eigenvalue weighted by Gasteiger charge is 2.10. The van der Waals surface area contributed by atoms with Gasteiger partial charge in [-0.2, -0.15) is 11.3 Å². The van der Waals surface area contributed by atoms with Crippen molar-refractivity contribution in [1.82, 2.24) is 4.98 Å². The third kappa shape index (κ3) is 3.60. The topological polar surface area (TPSA) is 61.1 Å². The molecule has 1 heterocycles. The van der Waals surface area contributed by atoms with Gasteiger partial charge in [-0.05, 0) is 42.6 Å². The van der Waals surface area contributed by atoms with Crippen LogP contribution in [0.25, 0.3) is 16.0 Å². The van der Waals surface area contributed by atoms with E-state index in [0.717, 1.165) is 22.4 Å². The van der Waals surface area contributed by atoms with Crippen LogP contribution in [0.3, 0.4) is 0 Å². The number of rotatable bonds is 4. The van der Waals surface area contributed by atoms with Crippen molar-refractivity contribution in [1.29, 1.82) is 0 Å². The Morgan fingerprint density at radius 3 is 2.09 bits per heavy atom. The molecule has 0 aliphatic rings. The zero-order chi connectivity index (χ0) is 16.4. The van der Waals surface area contributed by atoms with E-state index in [9.17, 15) is 8.42 Å². The van der Waals surface area contributed by atoms with Gasteiger partial charge in [-0.25, -0.2) is 8.42 Å². The highest BCUT2D eigenvalue weighted by Crippen LogP contribution is 2.33. The second kappa shape index (κ2) is 6.14. The van der Waals surface area contributed by atoms with Crippen LogP contribution in [-0.4, -0.2) is 13.4 Å². The van der Waals surface area contributed by atoms with E-state index in [1.165, 1.54) is 11.3 Å². The Labute approximate surface area is 139 Å². The second-order valence-corrected chi connectivity index (χ2v) is 7.70. The molecule has 1 aromatic heterocycles. The summed E-state index contributed by atoms with van der Waals surface area (Å²) in [5.41, 5.74) is 3.84. The number of benzene rings is 2. The first-order valence-corrected chi connectivity index (χ1v) is 9.33. The molecule has 3 rings (SSSR count). The van der Waals surface area contributed by atoms with Crippen LogP contribution < -0.4 is 0 Å². The fourth-order valence-corrected chi connectivity index (χ4v) is 3.88. The Bertz CT molecular complexity index is 912. The largest absolute Gasteiger partial charge is 0.426 e. The van der Waals surface area contributed by atoms with Crippen LogP contribution >= 0.6 is 11.3 Å². The SMILES string of the molecule is Cc1ccc(-c2csc([N-]S(=O)(=O)c3ccc(C)cc3)n2)cc1. The quantitative estimate of drug-likeness (QED) is 0.682. The minimum atomic E-state index is -3.73. The van der Waals surface area contributed by atoms with Crippen LogP contribution in [-0.2, 0) is 10.0 Å². The lowest BCUT2D eigenvalue weighted by Crippen LogP contribution is -1.97. The molecule has 0 saturated carbocycles. The van der Waals surface area contributed by atoms with Crippen LogP contribution in [0.4, 0.5) is 5.13 Å². The normalized spacial score (nSPS) is 11.4. The molecule has 3 aromatic rings. The summed E-state index contributed by atoms with van der Waals surface area (Å²) in [5.74, 6) is 0. The summed E-state index contributed by atoms with van der Waals surface area (Å²) >= 11 is 1.22. The smallest absolute Gasteiger partial charge is 0.202 e. The van der Waals surface area contributed by atoms with Crippen molar-refractivity contribution in [2.45, 2.75) is 18.7 Å². The average molecular weight is 343 g/mol. The predicted octanol–water partition coefficient (Wildman–Crippen LogP) is 4.82. The lowest BCUT2D eigenvalue weighted by atomic mass is 10.1. The average Bonchev–Trinajstić information content (AvgIpc) is 2.96. The zero-order valence-electron chi connectivity index (χ0n) is 12.7. The third-order valence-corrected chi connectivity index (χ3v) is 5.49. The van der Waals surface area contributed by atoms with E-state index in [4.69, 9.17) is 0 Å². The number of aromatic nitrogens is 1. The predicted molar refractivity (Wildman–Crippen MR) is 93.7 cm³/mol. The molecule has 0 bridgehead atoms. The molecule has 118 valence electrons. The van der Waals surface area contributed by atoms with E-state index in [2.05, 4.69) is 9.71 Å². The maximum absolute atomic E-state index is 12.3. The van der Waals surface area contributed by atoms with E-state index in [1.54, 1.807) is 24.3 Å². The van der Waals surface area contributed by atoms with Gasteiger partial charge >= 0.3 is 0 Å². The molecule has 0 spiro atoms. The minimum Gasteiger partial charge on any atom is -0.426 e. The molecular weight excluding hydrogens is 328 g/mol. The van der Waals surface area contributed by atoms with Crippen LogP contribution in [0.5, 0.6) is 0 Å². The standard InChI is InChI=1S/C17H15N2O2S2/c1-12-3-7-14(8-4-12)16-11-22-17(18-16)19-23(20,21)15-9-5-13(2)6-10-15/h3-11H,1-2H3/q-1. The number of aryl methyl sites for hydroxylation is 2. The Morgan fingerprint density at radius 2 is 1.48 bits per heavy atom. The summed E-state index contributed by atoms with van der Waals surface area (Å²) in [4.78, 5) is 4.49. The zero-order valence-corrected chi connectivity index (χ0v) is 14.4. The first-order chi connectivity index (χ1) is 10.9. The highest BCUT2D eigenvalue weighted by molar-refractivity contribution is 7.94. The summed E-state index contributed by atoms with van der Waals surface area (Å²) < 4.78 is 28.4. The van der Waals surface area contributed by atoms with E-state index in [0.29, 0.717) is 0 Å². The molecule has 0 radical (unpaired) electrons. The van der Waals surface area contributed by atoms with Gasteiger partial charge in [-0.15, -0.1) is 0 Å². The molecule has 0 amide bonds. The summed E-state index contributed by atoms with van der Waals surface area (Å²) in [6.07, 6.45) is 0. The summed E-state index contributed by atoms with van der Waals surface area (Å²) in [5, 5.41) is 2.05. The van der Waals surface area contributed by atoms with Gasteiger partial charge in [0.2, 0.25) is 10.0 Å². The summed E-state index contributed by atoms with van der Waals surface area (Å²) in [7, 11) is -3.73. The van der Waals surface area contributed by atoms with Crippen molar-refractivity contribution < 1.29 is 8.42 Å². The van der Waals surface area contributed by atoms with Gasteiger partial charge in [0.25, 0.3) is 0 Å². The Balaban J connectivity index is 1.83. The van der Waals surface area contributed by atoms with E-state index in [1.807, 2.05) is 43.5 Å². The first kappa shape index (κ1) is 15.7. The summed E-state index contributed by atoms with van der Waals surface area (Å²) in [6.45, 7) is 3.92. The van der Waals surface area contributed by atoms with Gasteiger partial charge in [0, 0.05) is 5.13 Å². The number of nitrogens with zero attached hydrogens (tertiary/aromatic N) is 2. The van der Waals surface area contributed by atoms with Crippen molar-refractivity contribution in [3.63, 3.8) is 0 Å². The first-order valence-electron chi connectivity index (χ1n) is 7.01. The fourth-order valence-electron chi connectivity index (χ4n) is 2.03. The lowest BCUT2D eigenvalue weighted by molar-refractivity contribution is 0.603. The maximum atomic E-state index is 12.3. The van der Waals surface area contributed by atoms with Gasteiger partial charge < -0.3 is 9.71 Å². The Morgan fingerprint density at radius 1 is 0.913 bits per heavy atom. The third-order valence-electron chi connectivity index (χ3n) is 3.36. The molecule has 4 nitrogen and oxygen atoms in total. The Kier molecular flexibility index (Phi) is 4.19. The van der Waals surface area contributed by atoms with Crippen LogP contribution in [0, 0.1) is 13.8 Å². The molecule has 0 atom stereocenters. The van der Waals surface area contributed by atoms with Gasteiger partial charge in [-0.3, -0.25) is 0 Å². The highest BCUT2D eigenvalue weighted by atomic mass is 32.2. The van der Waals surface area contributed by atoms with Crippen molar-refractivity contribution in [3.05, 3.63) is 69.8 Å². The van der Waals surface area contributed by atoms with E-state index in [-0.39, 0.29) is 10.0 Å². The molecule has 0 unspecified atom stereocenters. The molecule has 0 N–H and O–H groups in total. The lowest BCUT2D eigenvalue weighted by Gasteiger charge is -2.12. The molecule has 2 aromatic carbocycles. The van der Waals surface area contributed by atoms with Gasteiger partial charge in [-0.1, -0.05) is 47.5 Å². The van der Waals surface area contributed by atoms with Crippen LogP contribution in [0.15, 0.2) is 58.8 Å². The van der Waals surface area contributed by atoms with Gasteiger partial charge in [0.15, 0.2) is 0 Å². The van der Waals surface area contributed by atoms with Gasteiger partial charge in [0.05, 0.1) is 4.90 Å². The molecule has 23 heavy (non-hydrogen) atoms. The monoisotopic (exact) mass is 343 g/mol. The van der Waals surface area contributed by atoms with Crippen LogP contribution in [0.1, 0.15) is 11.1 Å². The van der Waals surface area contributed by atoms with Crippen molar-refractivity contribution in [2.24, 2.45) is 0 Å². The van der Waals surface area contributed by atoms with Crippen LogP contribution in [0.2, 0.25) is 0 Å². The Hall–Kier alpha value is -2.18. The van der Waals surface area contributed by atoms with Gasteiger partial charge in [0.1, 0.15) is 0 Å². The maximum Gasteiger partial charge on any atom is 0.202 e. The second-order valence-electron chi connectivity index (χ2n) is 5.26. The number of thiazole rings is 1. The molecule has 0 saturated heterocycles. The summed E-state index contributed by atoms with van der Waals surface area (Å²) in [6, 6.07) is 14.5. The molecule has 0 aliphatic heterocycles. The van der Waals surface area contributed by atoms with Crippen molar-refractivity contribution >= 4 is 26.5 Å². The fraction of sp³-hybridized carbons (Fsp3) is 0.118. The van der Waals surface area contributed by atoms with Crippen molar-refractivity contribution in [2.75, 3.05) is 0 Å².